The molecule has 0 spiro atoms. The smallest absolute Gasteiger partial charge is 0.248 e. The van der Waals surface area contributed by atoms with Crippen LogP contribution in [-0.2, 0) is 0 Å². The lowest BCUT2D eigenvalue weighted by atomic mass is 10.1. The molecular formula is C14H12N2O. The van der Waals surface area contributed by atoms with Gasteiger partial charge in [-0.15, -0.1) is 0 Å². The molecule has 0 bridgehead atoms. The molecule has 0 unspecified atom stereocenters. The number of rotatable bonds is 1. The highest BCUT2D eigenvalue weighted by molar-refractivity contribution is 5.86. The van der Waals surface area contributed by atoms with Crippen LogP contribution in [0, 0.1) is 6.92 Å². The van der Waals surface area contributed by atoms with Gasteiger partial charge in [-0.05, 0) is 42.3 Å². The van der Waals surface area contributed by atoms with Gasteiger partial charge >= 0.3 is 0 Å². The Bertz CT molecular complexity index is 724. The summed E-state index contributed by atoms with van der Waals surface area (Å²) >= 11 is 0. The number of hydrogen-bond acceptors (Lipinski definition) is 1. The number of aryl methyl sites for hydroxylation is 1. The third kappa shape index (κ3) is 1.65. The zero-order chi connectivity index (χ0) is 11.8. The molecule has 0 fully saturated rings. The molecule has 0 saturated heterocycles. The topological polar surface area (TPSA) is 48.6 Å². The van der Waals surface area contributed by atoms with E-state index < -0.39 is 0 Å². The van der Waals surface area contributed by atoms with Crippen molar-refractivity contribution in [2.24, 2.45) is 0 Å². The maximum Gasteiger partial charge on any atom is 0.248 e. The van der Waals surface area contributed by atoms with E-state index in [4.69, 9.17) is 0 Å². The molecule has 2 heterocycles. The quantitative estimate of drug-likeness (QED) is 0.656. The molecule has 17 heavy (non-hydrogen) atoms. The molecule has 3 aromatic rings. The van der Waals surface area contributed by atoms with E-state index in [2.05, 4.69) is 16.0 Å². The van der Waals surface area contributed by atoms with Gasteiger partial charge in [0, 0.05) is 28.9 Å². The summed E-state index contributed by atoms with van der Waals surface area (Å²) in [6.45, 7) is 1.95. The fourth-order valence-corrected chi connectivity index (χ4v) is 2.10. The van der Waals surface area contributed by atoms with Crippen molar-refractivity contribution in [3.63, 3.8) is 0 Å². The molecule has 0 aliphatic rings. The molecule has 0 amide bonds. The summed E-state index contributed by atoms with van der Waals surface area (Å²) in [7, 11) is 0. The number of H-pyrrole nitrogens is 2. The number of pyridine rings is 1. The third-order valence-electron chi connectivity index (χ3n) is 2.96. The summed E-state index contributed by atoms with van der Waals surface area (Å²) in [6, 6.07) is 11.7. The summed E-state index contributed by atoms with van der Waals surface area (Å²) in [6.07, 6.45) is 1.90. The average Bonchev–Trinajstić information content (AvgIpc) is 2.82. The zero-order valence-electron chi connectivity index (χ0n) is 9.45. The molecule has 3 nitrogen and oxygen atoms in total. The lowest BCUT2D eigenvalue weighted by Gasteiger charge is -2.04. The average molecular weight is 224 g/mol. The fourth-order valence-electron chi connectivity index (χ4n) is 2.10. The van der Waals surface area contributed by atoms with Crippen LogP contribution in [-0.4, -0.2) is 9.97 Å². The minimum atomic E-state index is -0.0531. The number of hydrogen-bond donors (Lipinski definition) is 2. The third-order valence-corrected chi connectivity index (χ3v) is 2.96. The normalized spacial score (nSPS) is 10.9. The SMILES string of the molecule is Cc1cc(=O)[nH]c2ccc(-c3ccc[nH]3)cc12. The Kier molecular flexibility index (Phi) is 2.11. The lowest BCUT2D eigenvalue weighted by molar-refractivity contribution is 1.28. The molecule has 3 heteroatoms. The van der Waals surface area contributed by atoms with Crippen LogP contribution in [0.3, 0.4) is 0 Å². The number of aromatic amines is 2. The molecule has 84 valence electrons. The van der Waals surface area contributed by atoms with E-state index in [0.29, 0.717) is 0 Å². The van der Waals surface area contributed by atoms with Crippen molar-refractivity contribution in [3.8, 4) is 11.3 Å². The van der Waals surface area contributed by atoms with Gasteiger partial charge in [-0.3, -0.25) is 4.79 Å². The van der Waals surface area contributed by atoms with E-state index in [0.717, 1.165) is 27.7 Å². The number of aromatic nitrogens is 2. The van der Waals surface area contributed by atoms with Gasteiger partial charge in [-0.1, -0.05) is 6.07 Å². The van der Waals surface area contributed by atoms with Gasteiger partial charge in [0.05, 0.1) is 0 Å². The van der Waals surface area contributed by atoms with Crippen LogP contribution in [0.15, 0.2) is 47.4 Å². The Labute approximate surface area is 98.1 Å². The molecule has 2 N–H and O–H groups in total. The van der Waals surface area contributed by atoms with Crippen LogP contribution in [0.2, 0.25) is 0 Å². The second kappa shape index (κ2) is 3.63. The molecule has 1 aromatic carbocycles. The predicted molar refractivity (Wildman–Crippen MR) is 69.1 cm³/mol. The van der Waals surface area contributed by atoms with Crippen molar-refractivity contribution in [2.75, 3.05) is 0 Å². The van der Waals surface area contributed by atoms with Gasteiger partial charge in [0.15, 0.2) is 0 Å². The minimum absolute atomic E-state index is 0.0531. The van der Waals surface area contributed by atoms with Crippen molar-refractivity contribution >= 4 is 10.9 Å². The maximum absolute atomic E-state index is 11.4. The summed E-state index contributed by atoms with van der Waals surface area (Å²) in [4.78, 5) is 17.4. The summed E-state index contributed by atoms with van der Waals surface area (Å²) < 4.78 is 0. The molecular weight excluding hydrogens is 212 g/mol. The number of nitrogens with one attached hydrogen (secondary N) is 2. The Balaban J connectivity index is 2.30. The van der Waals surface area contributed by atoms with Crippen molar-refractivity contribution in [2.45, 2.75) is 6.92 Å². The van der Waals surface area contributed by atoms with Crippen LogP contribution < -0.4 is 5.56 Å². The highest BCUT2D eigenvalue weighted by atomic mass is 16.1. The highest BCUT2D eigenvalue weighted by Crippen LogP contribution is 2.23. The molecule has 0 aliphatic heterocycles. The van der Waals surface area contributed by atoms with Gasteiger partial charge in [-0.25, -0.2) is 0 Å². The molecule has 0 aliphatic carbocycles. The van der Waals surface area contributed by atoms with Crippen molar-refractivity contribution in [1.82, 2.24) is 9.97 Å². The Hall–Kier alpha value is -2.29. The van der Waals surface area contributed by atoms with Crippen molar-refractivity contribution < 1.29 is 0 Å². The van der Waals surface area contributed by atoms with E-state index in [9.17, 15) is 4.79 Å². The van der Waals surface area contributed by atoms with Gasteiger partial charge in [0.1, 0.15) is 0 Å². The summed E-state index contributed by atoms with van der Waals surface area (Å²) in [5.41, 5.74) is 4.03. The number of benzene rings is 1. The summed E-state index contributed by atoms with van der Waals surface area (Å²) in [5.74, 6) is 0. The van der Waals surface area contributed by atoms with Crippen molar-refractivity contribution in [1.29, 1.82) is 0 Å². The first kappa shape index (κ1) is 9.90. The highest BCUT2D eigenvalue weighted by Gasteiger charge is 2.03. The van der Waals surface area contributed by atoms with Gasteiger partial charge in [0.2, 0.25) is 5.56 Å². The minimum Gasteiger partial charge on any atom is -0.361 e. The van der Waals surface area contributed by atoms with Gasteiger partial charge in [-0.2, -0.15) is 0 Å². The van der Waals surface area contributed by atoms with E-state index in [1.54, 1.807) is 6.07 Å². The lowest BCUT2D eigenvalue weighted by Crippen LogP contribution is -2.04. The van der Waals surface area contributed by atoms with Crippen LogP contribution >= 0.6 is 0 Å². The second-order valence-corrected chi connectivity index (χ2v) is 4.16. The van der Waals surface area contributed by atoms with Crippen LogP contribution in [0.5, 0.6) is 0 Å². The van der Waals surface area contributed by atoms with Crippen LogP contribution in [0.4, 0.5) is 0 Å². The Morgan fingerprint density at radius 1 is 1.12 bits per heavy atom. The van der Waals surface area contributed by atoms with E-state index >= 15 is 0 Å². The molecule has 0 saturated carbocycles. The Morgan fingerprint density at radius 2 is 2.00 bits per heavy atom. The molecule has 0 atom stereocenters. The summed E-state index contributed by atoms with van der Waals surface area (Å²) in [5, 5.41) is 1.08. The zero-order valence-corrected chi connectivity index (χ0v) is 9.45. The monoisotopic (exact) mass is 224 g/mol. The Morgan fingerprint density at radius 3 is 2.76 bits per heavy atom. The van der Waals surface area contributed by atoms with E-state index in [1.807, 2.05) is 37.4 Å². The van der Waals surface area contributed by atoms with Gasteiger partial charge in [0.25, 0.3) is 0 Å². The van der Waals surface area contributed by atoms with E-state index in [-0.39, 0.29) is 5.56 Å². The second-order valence-electron chi connectivity index (χ2n) is 4.16. The molecule has 2 aromatic heterocycles. The molecule has 0 radical (unpaired) electrons. The van der Waals surface area contributed by atoms with Crippen LogP contribution in [0.1, 0.15) is 5.56 Å². The fraction of sp³-hybridized carbons (Fsp3) is 0.0714. The molecule has 3 rings (SSSR count). The van der Waals surface area contributed by atoms with Gasteiger partial charge < -0.3 is 9.97 Å². The predicted octanol–water partition coefficient (Wildman–Crippen LogP) is 2.83. The standard InChI is InChI=1S/C14H12N2O/c1-9-7-14(17)16-13-5-4-10(8-11(9)13)12-3-2-6-15-12/h2-8,15H,1H3,(H,16,17). The van der Waals surface area contributed by atoms with Crippen molar-refractivity contribution in [3.05, 3.63) is 58.5 Å². The van der Waals surface area contributed by atoms with E-state index in [1.165, 1.54) is 0 Å². The number of fused-ring (bicyclic) bond motifs is 1. The first-order valence-corrected chi connectivity index (χ1v) is 5.51. The first-order valence-electron chi connectivity index (χ1n) is 5.51. The maximum atomic E-state index is 11.4. The largest absolute Gasteiger partial charge is 0.361 e. The first-order chi connectivity index (χ1) is 8.24. The van der Waals surface area contributed by atoms with Crippen LogP contribution in [0.25, 0.3) is 22.2 Å².